The van der Waals surface area contributed by atoms with Crippen molar-refractivity contribution in [3.63, 3.8) is 0 Å². The molecule has 0 heterocycles. The minimum atomic E-state index is -0.592. The molecule has 6 nitrogen and oxygen atoms in total. The SMILES string of the molecule is COc1cc(OC[N+](=O)[O-])ccc1C(C)Oc1ccc2ccccc2c1. The maximum Gasteiger partial charge on any atom is 0.344 e. The van der Waals surface area contributed by atoms with Crippen LogP contribution in [0.15, 0.2) is 60.7 Å². The van der Waals surface area contributed by atoms with Gasteiger partial charge in [-0.2, -0.15) is 0 Å². The highest BCUT2D eigenvalue weighted by Gasteiger charge is 2.15. The maximum atomic E-state index is 10.4. The van der Waals surface area contributed by atoms with Crippen molar-refractivity contribution in [2.45, 2.75) is 13.0 Å². The largest absolute Gasteiger partial charge is 0.496 e. The molecule has 3 aromatic rings. The fraction of sp³-hybridized carbons (Fsp3) is 0.200. The summed E-state index contributed by atoms with van der Waals surface area (Å²) in [6.07, 6.45) is -0.268. The molecule has 26 heavy (non-hydrogen) atoms. The molecule has 0 N–H and O–H groups in total. The highest BCUT2D eigenvalue weighted by atomic mass is 16.7. The van der Waals surface area contributed by atoms with Gasteiger partial charge in [-0.25, -0.2) is 0 Å². The fourth-order valence-corrected chi connectivity index (χ4v) is 2.75. The number of hydrogen-bond donors (Lipinski definition) is 0. The van der Waals surface area contributed by atoms with Crippen LogP contribution in [0.25, 0.3) is 10.8 Å². The Bertz CT molecular complexity index is 925. The molecule has 0 aliphatic heterocycles. The number of fused-ring (bicyclic) bond motifs is 1. The van der Waals surface area contributed by atoms with E-state index in [2.05, 4.69) is 6.07 Å². The van der Waals surface area contributed by atoms with Gasteiger partial charge in [0, 0.05) is 11.6 Å². The molecular weight excluding hydrogens is 334 g/mol. The van der Waals surface area contributed by atoms with E-state index < -0.39 is 11.7 Å². The summed E-state index contributed by atoms with van der Waals surface area (Å²) in [5.41, 5.74) is 0.828. The lowest BCUT2D eigenvalue weighted by atomic mass is 10.1. The molecule has 1 atom stereocenters. The van der Waals surface area contributed by atoms with E-state index >= 15 is 0 Å². The highest BCUT2D eigenvalue weighted by Crippen LogP contribution is 2.33. The van der Waals surface area contributed by atoms with Crippen molar-refractivity contribution in [2.24, 2.45) is 0 Å². The first-order valence-corrected chi connectivity index (χ1v) is 8.15. The lowest BCUT2D eigenvalue weighted by Gasteiger charge is -2.18. The molecular formula is C20H19NO5. The van der Waals surface area contributed by atoms with Gasteiger partial charge in [-0.05, 0) is 42.0 Å². The maximum absolute atomic E-state index is 10.4. The zero-order chi connectivity index (χ0) is 18.5. The van der Waals surface area contributed by atoms with E-state index in [0.717, 1.165) is 22.1 Å². The molecule has 0 fully saturated rings. The predicted molar refractivity (Wildman–Crippen MR) is 98.5 cm³/mol. The van der Waals surface area contributed by atoms with Crippen molar-refractivity contribution in [3.05, 3.63) is 76.3 Å². The van der Waals surface area contributed by atoms with Gasteiger partial charge in [0.05, 0.1) is 12.0 Å². The minimum absolute atomic E-state index is 0.268. The number of hydrogen-bond acceptors (Lipinski definition) is 5. The van der Waals surface area contributed by atoms with Crippen molar-refractivity contribution in [3.8, 4) is 17.2 Å². The molecule has 3 rings (SSSR count). The van der Waals surface area contributed by atoms with Gasteiger partial charge in [0.25, 0.3) is 0 Å². The Kier molecular flexibility index (Phi) is 5.22. The van der Waals surface area contributed by atoms with Gasteiger partial charge in [0.2, 0.25) is 0 Å². The molecule has 3 aromatic carbocycles. The Morgan fingerprint density at radius 3 is 2.46 bits per heavy atom. The molecule has 0 radical (unpaired) electrons. The van der Waals surface area contributed by atoms with Crippen LogP contribution >= 0.6 is 0 Å². The van der Waals surface area contributed by atoms with E-state index in [1.165, 1.54) is 0 Å². The third kappa shape index (κ3) is 4.03. The second kappa shape index (κ2) is 7.74. The Hall–Kier alpha value is -3.28. The zero-order valence-corrected chi connectivity index (χ0v) is 14.5. The number of benzene rings is 3. The molecule has 0 aromatic heterocycles. The van der Waals surface area contributed by atoms with Gasteiger partial charge in [-0.15, -0.1) is 0 Å². The first kappa shape index (κ1) is 17.5. The monoisotopic (exact) mass is 353 g/mol. The van der Waals surface area contributed by atoms with Crippen molar-refractivity contribution in [2.75, 3.05) is 13.8 Å². The van der Waals surface area contributed by atoms with Crippen LogP contribution in [0.2, 0.25) is 0 Å². The lowest BCUT2D eigenvalue weighted by Crippen LogP contribution is -2.09. The summed E-state index contributed by atoms with van der Waals surface area (Å²) in [7, 11) is 1.54. The predicted octanol–water partition coefficient (Wildman–Crippen LogP) is 4.60. The van der Waals surface area contributed by atoms with Crippen LogP contribution in [0, 0.1) is 10.1 Å². The van der Waals surface area contributed by atoms with Gasteiger partial charge in [0.15, 0.2) is 0 Å². The first-order valence-electron chi connectivity index (χ1n) is 8.15. The molecule has 0 amide bonds. The summed E-state index contributed by atoms with van der Waals surface area (Å²) in [6, 6.07) is 19.1. The summed E-state index contributed by atoms with van der Waals surface area (Å²) in [4.78, 5) is 9.89. The van der Waals surface area contributed by atoms with E-state index in [-0.39, 0.29) is 6.10 Å². The molecule has 0 aliphatic rings. The molecule has 0 spiro atoms. The van der Waals surface area contributed by atoms with Crippen molar-refractivity contribution >= 4 is 10.8 Å². The Balaban J connectivity index is 1.79. The Labute approximate surface area is 151 Å². The Morgan fingerprint density at radius 2 is 1.73 bits per heavy atom. The van der Waals surface area contributed by atoms with E-state index in [4.69, 9.17) is 14.2 Å². The molecule has 6 heteroatoms. The summed E-state index contributed by atoms with van der Waals surface area (Å²) in [5, 5.41) is 12.7. The summed E-state index contributed by atoms with van der Waals surface area (Å²) < 4.78 is 16.5. The van der Waals surface area contributed by atoms with E-state index in [0.29, 0.717) is 11.5 Å². The van der Waals surface area contributed by atoms with Crippen LogP contribution < -0.4 is 14.2 Å². The van der Waals surface area contributed by atoms with Crippen LogP contribution in [0.5, 0.6) is 17.2 Å². The normalized spacial score (nSPS) is 11.8. The van der Waals surface area contributed by atoms with Crippen LogP contribution in [0.1, 0.15) is 18.6 Å². The van der Waals surface area contributed by atoms with Gasteiger partial charge in [-0.3, -0.25) is 10.1 Å². The fourth-order valence-electron chi connectivity index (χ4n) is 2.75. The molecule has 0 bridgehead atoms. The van der Waals surface area contributed by atoms with Crippen LogP contribution in [-0.2, 0) is 0 Å². The van der Waals surface area contributed by atoms with Crippen molar-refractivity contribution < 1.29 is 19.1 Å². The summed E-state index contributed by atoms with van der Waals surface area (Å²) in [5.74, 6) is 1.69. The van der Waals surface area contributed by atoms with Crippen molar-refractivity contribution in [1.82, 2.24) is 0 Å². The van der Waals surface area contributed by atoms with E-state index in [1.807, 2.05) is 43.3 Å². The van der Waals surface area contributed by atoms with Crippen LogP contribution in [0.4, 0.5) is 0 Å². The van der Waals surface area contributed by atoms with Gasteiger partial charge in [0.1, 0.15) is 23.4 Å². The Morgan fingerprint density at radius 1 is 1.00 bits per heavy atom. The third-order valence-corrected chi connectivity index (χ3v) is 4.01. The standard InChI is InChI=1S/C20H19NO5/c1-14(26-18-8-7-15-5-3-4-6-16(15)11-18)19-10-9-17(12-20(19)24-2)25-13-21(22)23/h3-12,14H,13H2,1-2H3. The van der Waals surface area contributed by atoms with Crippen LogP contribution in [-0.4, -0.2) is 18.8 Å². The second-order valence-electron chi connectivity index (χ2n) is 5.78. The number of nitro groups is 1. The molecule has 134 valence electrons. The van der Waals surface area contributed by atoms with E-state index in [1.54, 1.807) is 25.3 Å². The third-order valence-electron chi connectivity index (χ3n) is 4.01. The van der Waals surface area contributed by atoms with Gasteiger partial charge >= 0.3 is 6.73 Å². The quantitative estimate of drug-likeness (QED) is 0.353. The number of ether oxygens (including phenoxy) is 3. The molecule has 1 unspecified atom stereocenters. The zero-order valence-electron chi connectivity index (χ0n) is 14.5. The first-order chi connectivity index (χ1) is 12.6. The number of nitrogens with zero attached hydrogens (tertiary/aromatic N) is 1. The smallest absolute Gasteiger partial charge is 0.344 e. The highest BCUT2D eigenvalue weighted by molar-refractivity contribution is 5.83. The summed E-state index contributed by atoms with van der Waals surface area (Å²) >= 11 is 0. The van der Waals surface area contributed by atoms with E-state index in [9.17, 15) is 10.1 Å². The van der Waals surface area contributed by atoms with Gasteiger partial charge in [-0.1, -0.05) is 30.3 Å². The minimum Gasteiger partial charge on any atom is -0.496 e. The number of methoxy groups -OCH3 is 1. The topological polar surface area (TPSA) is 70.8 Å². The molecule has 0 saturated heterocycles. The van der Waals surface area contributed by atoms with Gasteiger partial charge < -0.3 is 14.2 Å². The lowest BCUT2D eigenvalue weighted by molar-refractivity contribution is -0.514. The molecule has 0 saturated carbocycles. The average molecular weight is 353 g/mol. The molecule has 0 aliphatic carbocycles. The van der Waals surface area contributed by atoms with Crippen LogP contribution in [0.3, 0.4) is 0 Å². The van der Waals surface area contributed by atoms with Crippen molar-refractivity contribution in [1.29, 1.82) is 0 Å². The average Bonchev–Trinajstić information content (AvgIpc) is 2.66. The summed E-state index contributed by atoms with van der Waals surface area (Å²) in [6.45, 7) is 1.33. The number of rotatable bonds is 7. The second-order valence-corrected chi connectivity index (χ2v) is 5.78.